The van der Waals surface area contributed by atoms with Crippen LogP contribution in [0.5, 0.6) is 0 Å². The van der Waals surface area contributed by atoms with Crippen LogP contribution in [0.15, 0.2) is 72.9 Å². The van der Waals surface area contributed by atoms with E-state index < -0.39 is 10.0 Å². The van der Waals surface area contributed by atoms with E-state index in [9.17, 15) is 8.42 Å². The number of pyridine rings is 1. The molecule has 0 aliphatic carbocycles. The summed E-state index contributed by atoms with van der Waals surface area (Å²) in [5, 5.41) is 4.12. The smallest absolute Gasteiger partial charge is 0.229 e. The second kappa shape index (κ2) is 10.5. The number of aryl methyl sites for hydroxylation is 3. The minimum absolute atomic E-state index is 0.171. The van der Waals surface area contributed by atoms with Crippen LogP contribution in [0.1, 0.15) is 52.8 Å². The highest BCUT2D eigenvalue weighted by atomic mass is 32.2. The molecule has 2 atom stereocenters. The Hall–Kier alpha value is -3.69. The Labute approximate surface area is 235 Å². The maximum absolute atomic E-state index is 11.8. The molecule has 0 bridgehead atoms. The van der Waals surface area contributed by atoms with Crippen LogP contribution < -0.4 is 14.9 Å². The summed E-state index contributed by atoms with van der Waals surface area (Å²) >= 11 is 5.91. The zero-order valence-electron chi connectivity index (χ0n) is 22.8. The number of nitrogens with one attached hydrogen (secondary N) is 2. The van der Waals surface area contributed by atoms with Crippen LogP contribution in [0.25, 0.3) is 5.69 Å². The average molecular weight is 560 g/mol. The van der Waals surface area contributed by atoms with Crippen LogP contribution in [0.2, 0.25) is 0 Å². The number of hydrogen-bond donors (Lipinski definition) is 2. The van der Waals surface area contributed by atoms with E-state index in [4.69, 9.17) is 12.2 Å². The van der Waals surface area contributed by atoms with E-state index in [0.29, 0.717) is 10.8 Å². The molecule has 1 fully saturated rings. The number of aromatic nitrogens is 2. The molecule has 39 heavy (non-hydrogen) atoms. The Balaban J connectivity index is 1.63. The van der Waals surface area contributed by atoms with Crippen molar-refractivity contribution in [2.75, 3.05) is 15.9 Å². The summed E-state index contributed by atoms with van der Waals surface area (Å²) in [5.74, 6) is 0. The molecule has 2 aromatic carbocycles. The molecule has 7 nitrogen and oxygen atoms in total. The van der Waals surface area contributed by atoms with E-state index in [1.165, 1.54) is 5.56 Å². The van der Waals surface area contributed by atoms with Crippen molar-refractivity contribution in [1.29, 1.82) is 0 Å². The molecule has 2 aromatic heterocycles. The van der Waals surface area contributed by atoms with Gasteiger partial charge in [0.1, 0.15) is 0 Å². The molecule has 5 rings (SSSR count). The highest BCUT2D eigenvalue weighted by Gasteiger charge is 2.42. The molecule has 1 saturated heterocycles. The minimum Gasteiger partial charge on any atom is -0.351 e. The number of hydrogen-bond acceptors (Lipinski definition) is 4. The summed E-state index contributed by atoms with van der Waals surface area (Å²) in [7, 11) is -3.39. The quantitative estimate of drug-likeness (QED) is 0.274. The predicted molar refractivity (Wildman–Crippen MR) is 162 cm³/mol. The van der Waals surface area contributed by atoms with Gasteiger partial charge in [0.25, 0.3) is 0 Å². The lowest BCUT2D eigenvalue weighted by Crippen LogP contribution is -2.29. The zero-order valence-corrected chi connectivity index (χ0v) is 24.4. The molecule has 1 aliphatic rings. The zero-order chi connectivity index (χ0) is 27.9. The number of benzene rings is 2. The van der Waals surface area contributed by atoms with Crippen molar-refractivity contribution in [3.05, 3.63) is 107 Å². The van der Waals surface area contributed by atoms with Crippen molar-refractivity contribution in [1.82, 2.24) is 14.9 Å². The van der Waals surface area contributed by atoms with E-state index in [2.05, 4.69) is 75.6 Å². The molecule has 2 unspecified atom stereocenters. The summed E-state index contributed by atoms with van der Waals surface area (Å²) < 4.78 is 28.6. The number of thiocarbonyl (C=S) groups is 1. The van der Waals surface area contributed by atoms with E-state index in [1.54, 1.807) is 12.3 Å². The number of sulfonamides is 1. The lowest BCUT2D eigenvalue weighted by molar-refractivity contribution is 0.565. The third-order valence-corrected chi connectivity index (χ3v) is 8.18. The maximum Gasteiger partial charge on any atom is 0.229 e. The van der Waals surface area contributed by atoms with Crippen LogP contribution >= 0.6 is 12.2 Å². The van der Waals surface area contributed by atoms with E-state index in [-0.39, 0.29) is 12.1 Å². The van der Waals surface area contributed by atoms with Crippen LogP contribution in [0.3, 0.4) is 0 Å². The second-order valence-corrected chi connectivity index (χ2v) is 12.2. The molecule has 9 heteroatoms. The molecule has 202 valence electrons. The molecule has 2 N–H and O–H groups in total. The standard InChI is InChI=1S/C30H33N5O2S2/c1-6-22-10-12-23(13-11-22)34-20(3)18-25(21(34)4)29-28(27-9-7-8-16-31-27)32-30(38)35(29)24-14-15-26(19(2)17-24)33-39(5,36)37/h7-18,28-29,33H,6H2,1-5H3,(H,32,38). The molecular formula is C30H33N5O2S2. The van der Waals surface area contributed by atoms with Gasteiger partial charge < -0.3 is 14.8 Å². The Bertz CT molecular complexity index is 1630. The van der Waals surface area contributed by atoms with Gasteiger partial charge in [-0.05, 0) is 105 Å². The number of nitrogens with zero attached hydrogens (tertiary/aromatic N) is 3. The van der Waals surface area contributed by atoms with Crippen molar-refractivity contribution in [3.63, 3.8) is 0 Å². The first-order chi connectivity index (χ1) is 18.6. The summed E-state index contributed by atoms with van der Waals surface area (Å²) in [6, 6.07) is 22.2. The number of anilines is 2. The van der Waals surface area contributed by atoms with Crippen LogP contribution in [0.4, 0.5) is 11.4 Å². The Kier molecular flexibility index (Phi) is 7.22. The monoisotopic (exact) mass is 559 g/mol. The molecule has 0 spiro atoms. The SMILES string of the molecule is CCc1ccc(-n2c(C)cc(C3C(c4ccccn4)NC(=S)N3c3ccc(NS(C)(=O)=O)c(C)c3)c2C)cc1. The summed E-state index contributed by atoms with van der Waals surface area (Å²) in [5.41, 5.74) is 8.96. The van der Waals surface area contributed by atoms with E-state index >= 15 is 0 Å². The second-order valence-electron chi connectivity index (χ2n) is 10.1. The molecule has 1 aliphatic heterocycles. The molecule has 0 saturated carbocycles. The van der Waals surface area contributed by atoms with Crippen molar-refractivity contribution in [2.45, 2.75) is 46.2 Å². The summed E-state index contributed by atoms with van der Waals surface area (Å²) in [4.78, 5) is 6.80. The van der Waals surface area contributed by atoms with Crippen molar-refractivity contribution in [2.24, 2.45) is 0 Å². The highest BCUT2D eigenvalue weighted by molar-refractivity contribution is 7.92. The molecule has 0 radical (unpaired) electrons. The lowest BCUT2D eigenvalue weighted by atomic mass is 9.96. The Morgan fingerprint density at radius 1 is 1.00 bits per heavy atom. The third kappa shape index (κ3) is 5.29. The summed E-state index contributed by atoms with van der Waals surface area (Å²) in [6.07, 6.45) is 3.95. The van der Waals surface area contributed by atoms with Gasteiger partial charge in [-0.15, -0.1) is 0 Å². The first-order valence-electron chi connectivity index (χ1n) is 12.9. The normalized spacial score (nSPS) is 17.4. The van der Waals surface area contributed by atoms with Crippen molar-refractivity contribution in [3.8, 4) is 5.69 Å². The fraction of sp³-hybridized carbons (Fsp3) is 0.267. The predicted octanol–water partition coefficient (Wildman–Crippen LogP) is 5.91. The first kappa shape index (κ1) is 26.9. The van der Waals surface area contributed by atoms with Gasteiger partial charge in [0.2, 0.25) is 10.0 Å². The fourth-order valence-electron chi connectivity index (χ4n) is 5.43. The molecule has 4 aromatic rings. The Morgan fingerprint density at radius 3 is 2.33 bits per heavy atom. The van der Waals surface area contributed by atoms with Gasteiger partial charge in [-0.3, -0.25) is 9.71 Å². The fourth-order valence-corrected chi connectivity index (χ4v) is 6.40. The number of rotatable bonds is 7. The van der Waals surface area contributed by atoms with Gasteiger partial charge in [0, 0.05) is 29.0 Å². The van der Waals surface area contributed by atoms with Crippen molar-refractivity contribution >= 4 is 38.7 Å². The molecular weight excluding hydrogens is 526 g/mol. The molecule has 3 heterocycles. The average Bonchev–Trinajstić information content (AvgIpc) is 3.40. The molecule has 0 amide bonds. The lowest BCUT2D eigenvalue weighted by Gasteiger charge is -2.29. The van der Waals surface area contributed by atoms with Gasteiger partial charge in [-0.2, -0.15) is 0 Å². The maximum atomic E-state index is 11.8. The highest BCUT2D eigenvalue weighted by Crippen LogP contribution is 2.44. The van der Waals surface area contributed by atoms with Gasteiger partial charge >= 0.3 is 0 Å². The van der Waals surface area contributed by atoms with Gasteiger partial charge in [0.15, 0.2) is 5.11 Å². The van der Waals surface area contributed by atoms with Gasteiger partial charge in [-0.25, -0.2) is 8.42 Å². The van der Waals surface area contributed by atoms with Gasteiger partial charge in [-0.1, -0.05) is 25.1 Å². The van der Waals surface area contributed by atoms with Crippen LogP contribution in [0, 0.1) is 20.8 Å². The van der Waals surface area contributed by atoms with Gasteiger partial charge in [0.05, 0.1) is 29.7 Å². The Morgan fingerprint density at radius 2 is 1.72 bits per heavy atom. The van der Waals surface area contributed by atoms with Crippen LogP contribution in [-0.4, -0.2) is 29.3 Å². The van der Waals surface area contributed by atoms with E-state index in [0.717, 1.165) is 52.3 Å². The summed E-state index contributed by atoms with van der Waals surface area (Å²) in [6.45, 7) is 8.32. The van der Waals surface area contributed by atoms with Crippen molar-refractivity contribution < 1.29 is 8.42 Å². The van der Waals surface area contributed by atoms with Crippen LogP contribution in [-0.2, 0) is 16.4 Å². The third-order valence-electron chi connectivity index (χ3n) is 7.27. The minimum atomic E-state index is -3.39. The largest absolute Gasteiger partial charge is 0.351 e. The first-order valence-corrected chi connectivity index (χ1v) is 15.2. The topological polar surface area (TPSA) is 79.3 Å². The van der Waals surface area contributed by atoms with E-state index in [1.807, 2.05) is 37.3 Å².